The van der Waals surface area contributed by atoms with Crippen LogP contribution in [0.15, 0.2) is 48.5 Å². The van der Waals surface area contributed by atoms with Crippen molar-refractivity contribution in [1.82, 2.24) is 0 Å². The summed E-state index contributed by atoms with van der Waals surface area (Å²) in [5, 5.41) is 8.84. The van der Waals surface area contributed by atoms with Gasteiger partial charge in [0.15, 0.2) is 0 Å². The minimum atomic E-state index is -0.879. The van der Waals surface area contributed by atoms with Gasteiger partial charge in [0.1, 0.15) is 0 Å². The van der Waals surface area contributed by atoms with Gasteiger partial charge in [0, 0.05) is 8.07 Å². The van der Waals surface area contributed by atoms with Crippen LogP contribution < -0.4 is 0 Å². The van der Waals surface area contributed by atoms with E-state index in [2.05, 4.69) is 50.0 Å². The van der Waals surface area contributed by atoms with Crippen LogP contribution in [0.4, 0.5) is 0 Å². The Bertz CT molecular complexity index is 627. The number of nitriles is 1. The molecule has 2 aromatic carbocycles. The molecule has 0 atom stereocenters. The lowest BCUT2D eigenvalue weighted by molar-refractivity contribution is 0.785. The zero-order valence-electron chi connectivity index (χ0n) is 13.9. The van der Waals surface area contributed by atoms with Crippen molar-refractivity contribution in [2.24, 2.45) is 0 Å². The van der Waals surface area contributed by atoms with E-state index in [1.54, 1.807) is 0 Å². The SMILES string of the molecule is C[Si](C)(C)CCCCc1ccc(-c2ccc(C#N)cc2)cc1. The summed E-state index contributed by atoms with van der Waals surface area (Å²) in [6.45, 7) is 7.33. The van der Waals surface area contributed by atoms with Crippen molar-refractivity contribution in [2.45, 2.75) is 44.9 Å². The first-order valence-corrected chi connectivity index (χ1v) is 11.8. The van der Waals surface area contributed by atoms with Gasteiger partial charge in [-0.2, -0.15) is 5.26 Å². The fraction of sp³-hybridized carbons (Fsp3) is 0.350. The molecule has 0 amide bonds. The monoisotopic (exact) mass is 307 g/mol. The average molecular weight is 308 g/mol. The van der Waals surface area contributed by atoms with E-state index in [-0.39, 0.29) is 0 Å². The van der Waals surface area contributed by atoms with Crippen molar-refractivity contribution in [2.75, 3.05) is 0 Å². The van der Waals surface area contributed by atoms with Crippen LogP contribution in [-0.4, -0.2) is 8.07 Å². The maximum atomic E-state index is 8.84. The summed E-state index contributed by atoms with van der Waals surface area (Å²) in [4.78, 5) is 0. The molecule has 2 heteroatoms. The molecule has 0 heterocycles. The van der Waals surface area contributed by atoms with Crippen LogP contribution in [0.1, 0.15) is 24.0 Å². The standard InChI is InChI=1S/C20H25NSi/c1-22(2,3)15-5-4-6-17-7-11-19(12-8-17)20-13-9-18(16-21)10-14-20/h7-14H,4-6,15H2,1-3H3. The Morgan fingerprint density at radius 1 is 0.818 bits per heavy atom. The number of nitrogens with zero attached hydrogens (tertiary/aromatic N) is 1. The lowest BCUT2D eigenvalue weighted by Crippen LogP contribution is -2.18. The van der Waals surface area contributed by atoms with Crippen molar-refractivity contribution < 1.29 is 0 Å². The van der Waals surface area contributed by atoms with Crippen LogP contribution in [0, 0.1) is 11.3 Å². The van der Waals surface area contributed by atoms with Crippen molar-refractivity contribution in [3.8, 4) is 17.2 Å². The molecule has 0 spiro atoms. The highest BCUT2D eigenvalue weighted by Gasteiger charge is 2.11. The Kier molecular flexibility index (Phi) is 5.57. The van der Waals surface area contributed by atoms with Gasteiger partial charge in [0.05, 0.1) is 11.6 Å². The summed E-state index contributed by atoms with van der Waals surface area (Å²) < 4.78 is 0. The number of hydrogen-bond donors (Lipinski definition) is 0. The maximum Gasteiger partial charge on any atom is 0.0991 e. The largest absolute Gasteiger partial charge is 0.192 e. The minimum Gasteiger partial charge on any atom is -0.192 e. The van der Waals surface area contributed by atoms with Gasteiger partial charge in [0.25, 0.3) is 0 Å². The fourth-order valence-electron chi connectivity index (χ4n) is 2.59. The van der Waals surface area contributed by atoms with Crippen molar-refractivity contribution >= 4 is 8.07 Å². The van der Waals surface area contributed by atoms with Gasteiger partial charge >= 0.3 is 0 Å². The van der Waals surface area contributed by atoms with E-state index in [0.29, 0.717) is 5.56 Å². The van der Waals surface area contributed by atoms with Gasteiger partial charge < -0.3 is 0 Å². The number of unbranched alkanes of at least 4 members (excludes halogenated alkanes) is 1. The molecule has 2 aromatic rings. The molecule has 0 aliphatic carbocycles. The second-order valence-corrected chi connectivity index (χ2v) is 12.8. The zero-order chi connectivity index (χ0) is 16.0. The quantitative estimate of drug-likeness (QED) is 0.482. The molecule has 22 heavy (non-hydrogen) atoms. The van der Waals surface area contributed by atoms with E-state index in [4.69, 9.17) is 5.26 Å². The van der Waals surface area contributed by atoms with Crippen molar-refractivity contribution in [3.63, 3.8) is 0 Å². The molecule has 0 radical (unpaired) electrons. The summed E-state index contributed by atoms with van der Waals surface area (Å²) in [7, 11) is -0.879. The zero-order valence-corrected chi connectivity index (χ0v) is 14.9. The Balaban J connectivity index is 1.91. The molecule has 114 valence electrons. The van der Waals surface area contributed by atoms with Crippen LogP contribution in [0.25, 0.3) is 11.1 Å². The molecule has 0 aliphatic heterocycles. The van der Waals surface area contributed by atoms with E-state index in [0.717, 1.165) is 0 Å². The van der Waals surface area contributed by atoms with Gasteiger partial charge in [-0.3, -0.25) is 0 Å². The number of rotatable bonds is 6. The molecular weight excluding hydrogens is 282 g/mol. The number of benzene rings is 2. The van der Waals surface area contributed by atoms with E-state index >= 15 is 0 Å². The number of hydrogen-bond acceptors (Lipinski definition) is 1. The molecule has 1 nitrogen and oxygen atoms in total. The molecule has 0 N–H and O–H groups in total. The molecular formula is C20H25NSi. The third-order valence-corrected chi connectivity index (χ3v) is 5.80. The van der Waals surface area contributed by atoms with E-state index in [9.17, 15) is 0 Å². The predicted molar refractivity (Wildman–Crippen MR) is 97.7 cm³/mol. The normalized spacial score (nSPS) is 11.2. The van der Waals surface area contributed by atoms with Gasteiger partial charge in [-0.15, -0.1) is 0 Å². The highest BCUT2D eigenvalue weighted by molar-refractivity contribution is 6.76. The third kappa shape index (κ3) is 5.16. The topological polar surface area (TPSA) is 23.8 Å². The lowest BCUT2D eigenvalue weighted by atomic mass is 10.0. The molecule has 0 aromatic heterocycles. The summed E-state index contributed by atoms with van der Waals surface area (Å²) >= 11 is 0. The van der Waals surface area contributed by atoms with Crippen LogP contribution in [0.2, 0.25) is 25.7 Å². The van der Waals surface area contributed by atoms with Gasteiger partial charge in [-0.1, -0.05) is 68.5 Å². The molecule has 0 bridgehead atoms. The first kappa shape index (κ1) is 16.5. The van der Waals surface area contributed by atoms with Crippen molar-refractivity contribution in [3.05, 3.63) is 59.7 Å². The first-order chi connectivity index (χ1) is 10.5. The Labute approximate surface area is 135 Å². The number of aryl methyl sites for hydroxylation is 1. The highest BCUT2D eigenvalue weighted by Crippen LogP contribution is 2.21. The Hall–Kier alpha value is -1.85. The summed E-state index contributed by atoms with van der Waals surface area (Å²) in [5.41, 5.74) is 4.52. The molecule has 0 saturated heterocycles. The van der Waals surface area contributed by atoms with Gasteiger partial charge in [0.2, 0.25) is 0 Å². The molecule has 0 unspecified atom stereocenters. The molecule has 2 rings (SSSR count). The third-order valence-electron chi connectivity index (χ3n) is 3.94. The van der Waals surface area contributed by atoms with Crippen LogP contribution in [0.3, 0.4) is 0 Å². The molecule has 0 aliphatic rings. The maximum absolute atomic E-state index is 8.84. The minimum absolute atomic E-state index is 0.711. The Morgan fingerprint density at radius 3 is 1.86 bits per heavy atom. The first-order valence-electron chi connectivity index (χ1n) is 8.07. The average Bonchev–Trinajstić information content (AvgIpc) is 2.51. The summed E-state index contributed by atoms with van der Waals surface area (Å²) in [5.74, 6) is 0. The van der Waals surface area contributed by atoms with E-state index in [1.165, 1.54) is 42.0 Å². The van der Waals surface area contributed by atoms with Crippen LogP contribution in [-0.2, 0) is 6.42 Å². The lowest BCUT2D eigenvalue weighted by Gasteiger charge is -2.15. The smallest absolute Gasteiger partial charge is 0.0991 e. The predicted octanol–water partition coefficient (Wildman–Crippen LogP) is 5.89. The molecule has 0 saturated carbocycles. The summed E-state index contributed by atoms with van der Waals surface area (Å²) in [6.07, 6.45) is 3.83. The second-order valence-electron chi connectivity index (χ2n) is 7.15. The fourth-order valence-corrected chi connectivity index (χ4v) is 3.90. The van der Waals surface area contributed by atoms with E-state index in [1.807, 2.05) is 24.3 Å². The van der Waals surface area contributed by atoms with Gasteiger partial charge in [-0.05, 0) is 41.7 Å². The van der Waals surface area contributed by atoms with Crippen molar-refractivity contribution in [1.29, 1.82) is 5.26 Å². The Morgan fingerprint density at radius 2 is 1.36 bits per heavy atom. The van der Waals surface area contributed by atoms with E-state index < -0.39 is 8.07 Å². The van der Waals surface area contributed by atoms with Crippen LogP contribution in [0.5, 0.6) is 0 Å². The summed E-state index contributed by atoms with van der Waals surface area (Å²) in [6, 6.07) is 20.2. The highest BCUT2D eigenvalue weighted by atomic mass is 28.3. The second kappa shape index (κ2) is 7.42. The van der Waals surface area contributed by atoms with Gasteiger partial charge in [-0.25, -0.2) is 0 Å². The molecule has 0 fully saturated rings. The van der Waals surface area contributed by atoms with Crippen LogP contribution >= 0.6 is 0 Å².